The lowest BCUT2D eigenvalue weighted by atomic mass is 10.1. The van der Waals surface area contributed by atoms with Gasteiger partial charge in [0.05, 0.1) is 12.7 Å². The largest absolute Gasteiger partial charge is 0.465 e. The van der Waals surface area contributed by atoms with E-state index in [9.17, 15) is 14.0 Å². The SMILES string of the molecule is COC(=O)c1cc(N2CC(CN)CC2=O)c(C)cc1F. The average Bonchev–Trinajstić information content (AvgIpc) is 2.79. The summed E-state index contributed by atoms with van der Waals surface area (Å²) >= 11 is 0. The summed E-state index contributed by atoms with van der Waals surface area (Å²) in [6.07, 6.45) is 0.376. The molecule has 1 aliphatic heterocycles. The Morgan fingerprint density at radius 1 is 1.55 bits per heavy atom. The third-order valence-electron chi connectivity index (χ3n) is 3.52. The topological polar surface area (TPSA) is 72.6 Å². The number of methoxy groups -OCH3 is 1. The summed E-state index contributed by atoms with van der Waals surface area (Å²) in [4.78, 5) is 25.1. The molecule has 1 fully saturated rings. The van der Waals surface area contributed by atoms with Gasteiger partial charge in [-0.25, -0.2) is 9.18 Å². The minimum Gasteiger partial charge on any atom is -0.465 e. The molecule has 0 bridgehead atoms. The smallest absolute Gasteiger partial charge is 0.340 e. The average molecular weight is 280 g/mol. The van der Waals surface area contributed by atoms with Gasteiger partial charge < -0.3 is 15.4 Å². The third-order valence-corrected chi connectivity index (χ3v) is 3.52. The predicted octanol–water partition coefficient (Wildman–Crippen LogP) is 1.23. The zero-order chi connectivity index (χ0) is 14.9. The van der Waals surface area contributed by atoms with E-state index in [1.807, 2.05) is 0 Å². The summed E-state index contributed by atoms with van der Waals surface area (Å²) in [5.74, 6) is -1.38. The molecule has 0 saturated carbocycles. The molecule has 1 atom stereocenters. The first-order valence-corrected chi connectivity index (χ1v) is 6.36. The highest BCUT2D eigenvalue weighted by Crippen LogP contribution is 2.29. The van der Waals surface area contributed by atoms with Crippen molar-refractivity contribution < 1.29 is 18.7 Å². The van der Waals surface area contributed by atoms with Crippen LogP contribution in [0.5, 0.6) is 0 Å². The molecule has 1 unspecified atom stereocenters. The van der Waals surface area contributed by atoms with Crippen LogP contribution in [0.25, 0.3) is 0 Å². The van der Waals surface area contributed by atoms with Gasteiger partial charge in [0.15, 0.2) is 0 Å². The molecule has 0 aliphatic carbocycles. The zero-order valence-electron chi connectivity index (χ0n) is 11.5. The van der Waals surface area contributed by atoms with Crippen molar-refractivity contribution in [3.8, 4) is 0 Å². The molecular formula is C14H17FN2O3. The van der Waals surface area contributed by atoms with Gasteiger partial charge in [-0.1, -0.05) is 0 Å². The number of amides is 1. The number of carbonyl (C=O) groups excluding carboxylic acids is 2. The van der Waals surface area contributed by atoms with Crippen LogP contribution in [0.15, 0.2) is 12.1 Å². The lowest BCUT2D eigenvalue weighted by Gasteiger charge is -2.20. The number of rotatable bonds is 3. The lowest BCUT2D eigenvalue weighted by molar-refractivity contribution is -0.117. The Morgan fingerprint density at radius 2 is 2.25 bits per heavy atom. The minimum absolute atomic E-state index is 0.0639. The predicted molar refractivity (Wildman–Crippen MR) is 72.0 cm³/mol. The first kappa shape index (κ1) is 14.5. The van der Waals surface area contributed by atoms with Gasteiger partial charge in [-0.3, -0.25) is 4.79 Å². The Morgan fingerprint density at radius 3 is 2.80 bits per heavy atom. The molecule has 108 valence electrons. The van der Waals surface area contributed by atoms with Gasteiger partial charge in [-0.15, -0.1) is 0 Å². The number of esters is 1. The second kappa shape index (κ2) is 5.58. The van der Waals surface area contributed by atoms with E-state index in [1.54, 1.807) is 11.8 Å². The molecule has 6 heteroatoms. The maximum atomic E-state index is 13.8. The van der Waals surface area contributed by atoms with Gasteiger partial charge in [-0.05, 0) is 37.1 Å². The van der Waals surface area contributed by atoms with Crippen molar-refractivity contribution in [3.63, 3.8) is 0 Å². The normalized spacial score (nSPS) is 18.5. The zero-order valence-corrected chi connectivity index (χ0v) is 11.5. The number of aryl methyl sites for hydroxylation is 1. The van der Waals surface area contributed by atoms with E-state index in [1.165, 1.54) is 19.2 Å². The van der Waals surface area contributed by atoms with E-state index in [0.717, 1.165) is 0 Å². The van der Waals surface area contributed by atoms with E-state index in [2.05, 4.69) is 4.74 Å². The number of benzene rings is 1. The Kier molecular flexibility index (Phi) is 4.04. The van der Waals surface area contributed by atoms with Crippen molar-refractivity contribution in [1.82, 2.24) is 0 Å². The third kappa shape index (κ3) is 2.51. The molecule has 1 heterocycles. The molecule has 1 aliphatic rings. The van der Waals surface area contributed by atoms with Gasteiger partial charge in [-0.2, -0.15) is 0 Å². The van der Waals surface area contributed by atoms with Crippen LogP contribution in [0.2, 0.25) is 0 Å². The molecule has 1 aromatic rings. The highest BCUT2D eigenvalue weighted by atomic mass is 19.1. The molecule has 1 amide bonds. The van der Waals surface area contributed by atoms with Crippen LogP contribution in [0.3, 0.4) is 0 Å². The van der Waals surface area contributed by atoms with E-state index >= 15 is 0 Å². The van der Waals surface area contributed by atoms with E-state index < -0.39 is 11.8 Å². The number of hydrogen-bond acceptors (Lipinski definition) is 4. The van der Waals surface area contributed by atoms with Crippen molar-refractivity contribution in [3.05, 3.63) is 29.1 Å². The number of ether oxygens (including phenoxy) is 1. The second-order valence-corrected chi connectivity index (χ2v) is 4.92. The Labute approximate surface area is 116 Å². The van der Waals surface area contributed by atoms with Crippen LogP contribution in [0.1, 0.15) is 22.3 Å². The number of nitrogens with zero attached hydrogens (tertiary/aromatic N) is 1. The summed E-state index contributed by atoms with van der Waals surface area (Å²) in [5.41, 5.74) is 6.55. The number of carbonyl (C=O) groups is 2. The van der Waals surface area contributed by atoms with Crippen molar-refractivity contribution in [1.29, 1.82) is 0 Å². The van der Waals surface area contributed by atoms with E-state index in [0.29, 0.717) is 30.8 Å². The van der Waals surface area contributed by atoms with Crippen molar-refractivity contribution in [2.75, 3.05) is 25.1 Å². The quantitative estimate of drug-likeness (QED) is 0.845. The first-order chi connectivity index (χ1) is 9.47. The molecule has 0 spiro atoms. The van der Waals surface area contributed by atoms with Gasteiger partial charge in [0, 0.05) is 18.7 Å². The minimum atomic E-state index is -0.759. The molecule has 1 saturated heterocycles. The molecular weight excluding hydrogens is 263 g/mol. The number of nitrogens with two attached hydrogens (primary N) is 1. The van der Waals surface area contributed by atoms with Crippen LogP contribution in [0.4, 0.5) is 10.1 Å². The van der Waals surface area contributed by atoms with Crippen LogP contribution >= 0.6 is 0 Å². The summed E-state index contributed by atoms with van der Waals surface area (Å²) in [6.45, 7) is 2.61. The fourth-order valence-corrected chi connectivity index (χ4v) is 2.39. The standard InChI is InChI=1S/C14H17FN2O3/c1-8-3-11(15)10(14(19)20-2)5-12(8)17-7-9(6-16)4-13(17)18/h3,5,9H,4,6-7,16H2,1-2H3. The molecule has 2 rings (SSSR count). The monoisotopic (exact) mass is 280 g/mol. The summed E-state index contributed by atoms with van der Waals surface area (Å²) < 4.78 is 18.3. The maximum Gasteiger partial charge on any atom is 0.340 e. The summed E-state index contributed by atoms with van der Waals surface area (Å²) in [5, 5.41) is 0. The van der Waals surface area contributed by atoms with Crippen LogP contribution in [-0.2, 0) is 9.53 Å². The lowest BCUT2D eigenvalue weighted by Crippen LogP contribution is -2.27. The van der Waals surface area contributed by atoms with Gasteiger partial charge in [0.1, 0.15) is 5.82 Å². The number of halogens is 1. The highest BCUT2D eigenvalue weighted by Gasteiger charge is 2.31. The highest BCUT2D eigenvalue weighted by molar-refractivity contribution is 5.98. The van der Waals surface area contributed by atoms with Gasteiger partial charge in [0.2, 0.25) is 5.91 Å². The Balaban J connectivity index is 2.42. The Hall–Kier alpha value is -1.95. The molecule has 5 nitrogen and oxygen atoms in total. The molecule has 20 heavy (non-hydrogen) atoms. The second-order valence-electron chi connectivity index (χ2n) is 4.92. The van der Waals surface area contributed by atoms with Crippen LogP contribution in [-0.4, -0.2) is 32.1 Å². The first-order valence-electron chi connectivity index (χ1n) is 6.36. The summed E-state index contributed by atoms with van der Waals surface area (Å²) in [7, 11) is 1.19. The van der Waals surface area contributed by atoms with Crippen molar-refractivity contribution >= 4 is 17.6 Å². The van der Waals surface area contributed by atoms with E-state index in [4.69, 9.17) is 5.73 Å². The van der Waals surface area contributed by atoms with Crippen LogP contribution < -0.4 is 10.6 Å². The van der Waals surface area contributed by atoms with Crippen LogP contribution in [0, 0.1) is 18.7 Å². The Bertz CT molecular complexity index is 560. The van der Waals surface area contributed by atoms with Gasteiger partial charge >= 0.3 is 5.97 Å². The van der Waals surface area contributed by atoms with Crippen molar-refractivity contribution in [2.45, 2.75) is 13.3 Å². The molecule has 0 radical (unpaired) electrons. The fraction of sp³-hybridized carbons (Fsp3) is 0.429. The molecule has 0 aromatic heterocycles. The van der Waals surface area contributed by atoms with E-state index in [-0.39, 0.29) is 17.4 Å². The van der Waals surface area contributed by atoms with Gasteiger partial charge in [0.25, 0.3) is 0 Å². The molecule has 2 N–H and O–H groups in total. The molecule has 1 aromatic carbocycles. The fourth-order valence-electron chi connectivity index (χ4n) is 2.39. The maximum absolute atomic E-state index is 13.8. The summed E-state index contributed by atoms with van der Waals surface area (Å²) in [6, 6.07) is 2.61. The number of hydrogen-bond donors (Lipinski definition) is 1. The van der Waals surface area contributed by atoms with Crippen molar-refractivity contribution in [2.24, 2.45) is 11.7 Å². The number of anilines is 1.